The number of nitrogens with zero attached hydrogens (tertiary/aromatic N) is 7. The molecule has 1 aliphatic rings. The predicted octanol–water partition coefficient (Wildman–Crippen LogP) is 2.42. The number of hydrogen-bond donors (Lipinski definition) is 5. The molecule has 11 amide bonds. The lowest BCUT2D eigenvalue weighted by Crippen LogP contribution is -2.64. The van der Waals surface area contributed by atoms with E-state index in [2.05, 4.69) is 21.3 Å². The second kappa shape index (κ2) is 35.5. The van der Waals surface area contributed by atoms with E-state index in [9.17, 15) is 53.1 Å². The normalized spacial score (nSPS) is 27.2. The molecule has 0 radical (unpaired) electrons. The number of likely N-dealkylation sites (N-methyl/N-ethyl adjacent to an activating group) is 7. The van der Waals surface area contributed by atoms with Crippen LogP contribution in [0.3, 0.4) is 0 Å². The van der Waals surface area contributed by atoms with Gasteiger partial charge in [-0.05, 0) is 94.3 Å². The molecule has 502 valence electrons. The van der Waals surface area contributed by atoms with Crippen molar-refractivity contribution in [3.63, 3.8) is 0 Å². The topological polar surface area (TPSA) is 305 Å². The summed E-state index contributed by atoms with van der Waals surface area (Å²) in [5.41, 5.74) is 0. The van der Waals surface area contributed by atoms with Gasteiger partial charge in [0, 0.05) is 49.3 Å². The van der Waals surface area contributed by atoms with Gasteiger partial charge < -0.3 is 65.4 Å². The molecule has 1 rings (SSSR count). The molecule has 1 fully saturated rings. The fourth-order valence-electron chi connectivity index (χ4n) is 11.1. The summed E-state index contributed by atoms with van der Waals surface area (Å²) >= 11 is 0. The van der Waals surface area contributed by atoms with Crippen molar-refractivity contribution in [1.82, 2.24) is 55.6 Å². The van der Waals surface area contributed by atoms with Crippen LogP contribution < -0.4 is 21.3 Å². The maximum absolute atomic E-state index is 15.2. The highest BCUT2D eigenvalue weighted by molar-refractivity contribution is 6.07. The first-order valence-corrected chi connectivity index (χ1v) is 31.1. The van der Waals surface area contributed by atoms with Crippen LogP contribution in [0.15, 0.2) is 12.2 Å². The van der Waals surface area contributed by atoms with Crippen LogP contribution in [0.4, 0.5) is 0 Å². The van der Waals surface area contributed by atoms with Crippen LogP contribution in [0.25, 0.3) is 0 Å². The van der Waals surface area contributed by atoms with Crippen molar-refractivity contribution in [1.29, 1.82) is 0 Å². The number of amides is 11. The first kappa shape index (κ1) is 79.4. The van der Waals surface area contributed by atoms with E-state index in [1.807, 2.05) is 41.5 Å². The van der Waals surface area contributed by atoms with E-state index in [1.165, 1.54) is 75.7 Å². The average Bonchev–Trinajstić information content (AvgIpc) is 1.38. The number of carbonyl (C=O) groups excluding carboxylic acids is 12. The number of nitrogens with one attached hydrogen (secondary N) is 4. The van der Waals surface area contributed by atoms with Crippen LogP contribution in [0.1, 0.15) is 150 Å². The molecular weight excluding hydrogens is 1130 g/mol. The number of hydrogen-bond acceptors (Lipinski definition) is 14. The summed E-state index contributed by atoms with van der Waals surface area (Å²) in [5, 5.41) is 22.9. The molecule has 0 aliphatic carbocycles. The Bertz CT molecular complexity index is 2470. The van der Waals surface area contributed by atoms with Crippen LogP contribution >= 0.6 is 0 Å². The zero-order valence-corrected chi connectivity index (χ0v) is 57.5. The van der Waals surface area contributed by atoms with Gasteiger partial charge >= 0.3 is 5.97 Å². The van der Waals surface area contributed by atoms with Gasteiger partial charge in [0.15, 0.2) is 0 Å². The Labute approximate surface area is 524 Å². The van der Waals surface area contributed by atoms with Crippen LogP contribution in [0.5, 0.6) is 0 Å². The van der Waals surface area contributed by atoms with E-state index in [0.717, 1.165) is 28.9 Å². The second-order valence-electron chi connectivity index (χ2n) is 26.3. The minimum absolute atomic E-state index is 0.113. The van der Waals surface area contributed by atoms with Gasteiger partial charge in [0.25, 0.3) is 5.91 Å². The first-order chi connectivity index (χ1) is 40.6. The molecule has 0 aromatic heterocycles. The fraction of sp³-hybridized carbons (Fsp3) is 0.778. The summed E-state index contributed by atoms with van der Waals surface area (Å²) < 4.78 is 5.07. The Morgan fingerprint density at radius 2 is 0.898 bits per heavy atom. The molecule has 13 atom stereocenters. The number of methoxy groups -OCH3 is 1. The van der Waals surface area contributed by atoms with Crippen LogP contribution in [0.2, 0.25) is 0 Å². The zero-order valence-electron chi connectivity index (χ0n) is 57.5. The summed E-state index contributed by atoms with van der Waals surface area (Å²) in [4.78, 5) is 183. The zero-order chi connectivity index (χ0) is 68.4. The molecule has 88 heavy (non-hydrogen) atoms. The summed E-state index contributed by atoms with van der Waals surface area (Å²) in [6.45, 7) is 28.9. The molecule has 1 heterocycles. The lowest BCUT2D eigenvalue weighted by atomic mass is 9.91. The van der Waals surface area contributed by atoms with Crippen molar-refractivity contribution >= 4 is 70.9 Å². The highest BCUT2D eigenvalue weighted by Gasteiger charge is 2.47. The van der Waals surface area contributed by atoms with Gasteiger partial charge in [-0.15, -0.1) is 0 Å². The van der Waals surface area contributed by atoms with Crippen molar-refractivity contribution < 1.29 is 67.4 Å². The minimum atomic E-state index is -2.04. The molecule has 1 unspecified atom stereocenters. The molecule has 25 heteroatoms. The molecule has 5 N–H and O–H groups in total. The van der Waals surface area contributed by atoms with E-state index < -0.39 is 167 Å². The Hall–Kier alpha value is -6.66. The number of esters is 1. The van der Waals surface area contributed by atoms with Crippen molar-refractivity contribution in [2.75, 3.05) is 56.4 Å². The van der Waals surface area contributed by atoms with Crippen LogP contribution in [-0.4, -0.2) is 239 Å². The van der Waals surface area contributed by atoms with Crippen molar-refractivity contribution in [2.24, 2.45) is 41.4 Å². The third-order valence-corrected chi connectivity index (χ3v) is 16.5. The Kier molecular flexibility index (Phi) is 32.0. The summed E-state index contributed by atoms with van der Waals surface area (Å²) in [5.74, 6) is -13.0. The van der Waals surface area contributed by atoms with E-state index in [4.69, 9.17) is 4.74 Å². The molecule has 0 aromatic carbocycles. The molecule has 25 nitrogen and oxygen atoms in total. The largest absolute Gasteiger partial charge is 0.467 e. The van der Waals surface area contributed by atoms with E-state index >= 15 is 9.59 Å². The smallest absolute Gasteiger partial charge is 0.338 e. The van der Waals surface area contributed by atoms with Crippen molar-refractivity contribution in [3.8, 4) is 0 Å². The quantitative estimate of drug-likeness (QED) is 0.0894. The van der Waals surface area contributed by atoms with Gasteiger partial charge in [-0.2, -0.15) is 0 Å². The average molecular weight is 1250 g/mol. The van der Waals surface area contributed by atoms with Crippen LogP contribution in [0, 0.1) is 41.4 Å². The lowest BCUT2D eigenvalue weighted by Gasteiger charge is -2.41. The Morgan fingerprint density at radius 3 is 1.34 bits per heavy atom. The molecule has 1 aliphatic heterocycles. The van der Waals surface area contributed by atoms with Gasteiger partial charge in [0.05, 0.1) is 13.2 Å². The highest BCUT2D eigenvalue weighted by atomic mass is 16.5. The fourth-order valence-corrected chi connectivity index (χ4v) is 11.1. The van der Waals surface area contributed by atoms with E-state index in [-0.39, 0.29) is 49.9 Å². The third-order valence-electron chi connectivity index (χ3n) is 16.5. The van der Waals surface area contributed by atoms with Crippen LogP contribution in [-0.2, 0) is 62.3 Å². The summed E-state index contributed by atoms with van der Waals surface area (Å²) in [6, 6.07) is -15.3. The minimum Gasteiger partial charge on any atom is -0.467 e. The van der Waals surface area contributed by atoms with Gasteiger partial charge in [-0.1, -0.05) is 109 Å². The van der Waals surface area contributed by atoms with E-state index in [0.29, 0.717) is 0 Å². The molecule has 0 aromatic rings. The number of aliphatic hydroxyl groups is 1. The maximum Gasteiger partial charge on any atom is 0.338 e. The number of carbonyl (C=O) groups is 12. The number of ether oxygens (including phenoxy) is 1. The van der Waals surface area contributed by atoms with Crippen molar-refractivity contribution in [2.45, 2.75) is 222 Å². The Morgan fingerprint density at radius 1 is 0.477 bits per heavy atom. The first-order valence-electron chi connectivity index (χ1n) is 31.1. The monoisotopic (exact) mass is 1250 g/mol. The van der Waals surface area contributed by atoms with Gasteiger partial charge in [0.1, 0.15) is 60.4 Å². The molecule has 0 spiro atoms. The third kappa shape index (κ3) is 20.7. The molecule has 0 saturated carbocycles. The SMILES string of the molecule is C/C=C/C[C@@H](C)[C@@H](O)[C@H]1C(=O)N[C@@H](CC)C(=O)N(C)C(C(=O)OC)C(=O)N(C)[C@@H](C(C)C)C(=O)N[C@@H](C(C)C)C(=O)N(C)[C@@H](CC(C)C)C(=O)N[C@@H](C)C(=O)N[C@H](C)C(=O)N(C)[C@@H](CC(C)C)C(=O)N(C)[C@@H](CC(C)C)C(=O)N(C)[C@@H](C(C)C)C(=O)N1C. The Balaban J connectivity index is 4.47. The van der Waals surface area contributed by atoms with E-state index in [1.54, 1.807) is 74.5 Å². The maximum atomic E-state index is 15.2. The molecule has 1 saturated heterocycles. The lowest BCUT2D eigenvalue weighted by molar-refractivity contribution is -0.162. The second-order valence-corrected chi connectivity index (χ2v) is 26.3. The predicted molar refractivity (Wildman–Crippen MR) is 335 cm³/mol. The molecular formula is C63H111N11O14. The number of aliphatic hydroxyl groups excluding tert-OH is 1. The standard InChI is InChI=1S/C63H111N11O14/c1-26-28-29-39(15)51(75)49-55(79)66-42(27-2)57(81)74(24)50(63(87)88-25)62(86)71(21)47(37(11)12)54(78)67-46(36(9)10)60(84)68(18)43(30-33(3)4)53(77)64-40(16)52(76)65-41(17)56(80)69(19)44(31-34(5)6)58(82)70(20)45(32-35(7)8)59(83)72(22)48(38(13)14)61(85)73(49)23/h26,28,33-51,75H,27,29-32H2,1-25H3,(H,64,77)(H,65,76)(H,66,79)(H,67,78)/b28-26+/t39-,40+,41-,42+,43+,44+,45+,46+,47+,48+,49+,50?,51-/m1/s1. The summed E-state index contributed by atoms with van der Waals surface area (Å²) in [6.07, 6.45) is 2.42. The van der Waals surface area contributed by atoms with Crippen molar-refractivity contribution in [3.05, 3.63) is 12.2 Å². The summed E-state index contributed by atoms with van der Waals surface area (Å²) in [7, 11) is 10.3. The van der Waals surface area contributed by atoms with Gasteiger partial charge in [-0.3, -0.25) is 52.7 Å². The number of rotatable bonds is 15. The van der Waals surface area contributed by atoms with Gasteiger partial charge in [-0.25, -0.2) is 4.79 Å². The molecule has 0 bridgehead atoms. The van der Waals surface area contributed by atoms with Gasteiger partial charge in [0.2, 0.25) is 65.1 Å². The highest BCUT2D eigenvalue weighted by Crippen LogP contribution is 2.26. The number of allylic oxidation sites excluding steroid dienone is 2.